The fourth-order valence-electron chi connectivity index (χ4n) is 3.50. The number of esters is 1. The van der Waals surface area contributed by atoms with E-state index in [1.165, 1.54) is 31.3 Å². The van der Waals surface area contributed by atoms with E-state index in [9.17, 15) is 9.59 Å². The van der Waals surface area contributed by atoms with Crippen LogP contribution in [-0.2, 0) is 9.53 Å². The van der Waals surface area contributed by atoms with E-state index in [0.717, 1.165) is 24.3 Å². The summed E-state index contributed by atoms with van der Waals surface area (Å²) < 4.78 is 10.8. The van der Waals surface area contributed by atoms with Crippen LogP contribution in [0.15, 0.2) is 61.1 Å². The maximum absolute atomic E-state index is 12.5. The number of pyridine rings is 2. The summed E-state index contributed by atoms with van der Waals surface area (Å²) in [6.45, 7) is 3.64. The van der Waals surface area contributed by atoms with Gasteiger partial charge in [0.25, 0.3) is 5.91 Å². The molecule has 0 atom stereocenters. The minimum atomic E-state index is -0.701. The minimum Gasteiger partial charge on any atom is -0.452 e. The number of nitrogens with zero attached hydrogens (tertiary/aromatic N) is 3. The Morgan fingerprint density at radius 2 is 1.91 bits per heavy atom. The largest absolute Gasteiger partial charge is 0.452 e. The molecule has 0 unspecified atom stereocenters. The SMILES string of the molecule is Cc1cc(N2CCCC2)ccc1NC(=O)COC(=O)c1cccnc1Oc1cccnc1. The zero-order valence-corrected chi connectivity index (χ0v) is 17.8. The maximum Gasteiger partial charge on any atom is 0.344 e. The van der Waals surface area contributed by atoms with Gasteiger partial charge in [0, 0.05) is 36.9 Å². The lowest BCUT2D eigenvalue weighted by molar-refractivity contribution is -0.119. The van der Waals surface area contributed by atoms with Crippen LogP contribution in [-0.4, -0.2) is 41.5 Å². The van der Waals surface area contributed by atoms with Gasteiger partial charge >= 0.3 is 5.97 Å². The van der Waals surface area contributed by atoms with Crippen LogP contribution < -0.4 is 15.0 Å². The van der Waals surface area contributed by atoms with E-state index in [-0.39, 0.29) is 11.4 Å². The summed E-state index contributed by atoms with van der Waals surface area (Å²) in [6.07, 6.45) is 7.03. The third-order valence-corrected chi connectivity index (χ3v) is 5.13. The van der Waals surface area contributed by atoms with Crippen molar-refractivity contribution < 1.29 is 19.1 Å². The summed E-state index contributed by atoms with van der Waals surface area (Å²) in [5, 5.41) is 2.80. The summed E-state index contributed by atoms with van der Waals surface area (Å²) in [7, 11) is 0. The third-order valence-electron chi connectivity index (χ3n) is 5.13. The van der Waals surface area contributed by atoms with E-state index >= 15 is 0 Å². The number of carbonyl (C=O) groups is 2. The molecule has 2 aromatic heterocycles. The van der Waals surface area contributed by atoms with Gasteiger partial charge in [0.1, 0.15) is 11.3 Å². The van der Waals surface area contributed by atoms with Crippen molar-refractivity contribution in [2.75, 3.05) is 29.9 Å². The normalized spacial score (nSPS) is 13.0. The molecule has 3 aromatic rings. The molecule has 1 saturated heterocycles. The number of aromatic nitrogens is 2. The monoisotopic (exact) mass is 432 g/mol. The van der Waals surface area contributed by atoms with Gasteiger partial charge in [-0.3, -0.25) is 9.78 Å². The number of amides is 1. The highest BCUT2D eigenvalue weighted by atomic mass is 16.5. The molecule has 4 rings (SSSR count). The molecule has 1 fully saturated rings. The standard InChI is InChI=1S/C24H24N4O4/c1-17-14-18(28-12-2-3-13-28)8-9-21(17)27-22(29)16-31-24(30)20-7-5-11-26-23(20)32-19-6-4-10-25-15-19/h4-11,14-15H,2-3,12-13,16H2,1H3,(H,27,29). The summed E-state index contributed by atoms with van der Waals surface area (Å²) >= 11 is 0. The van der Waals surface area contributed by atoms with Crippen LogP contribution >= 0.6 is 0 Å². The van der Waals surface area contributed by atoms with Crippen molar-refractivity contribution >= 4 is 23.3 Å². The molecule has 32 heavy (non-hydrogen) atoms. The summed E-state index contributed by atoms with van der Waals surface area (Å²) in [5.74, 6) is -0.604. The Kier molecular flexibility index (Phi) is 6.60. The van der Waals surface area contributed by atoms with Gasteiger partial charge in [0.15, 0.2) is 6.61 Å². The van der Waals surface area contributed by atoms with Crippen LogP contribution in [0.25, 0.3) is 0 Å². The quantitative estimate of drug-likeness (QED) is 0.565. The molecule has 0 aliphatic carbocycles. The number of benzene rings is 1. The van der Waals surface area contributed by atoms with Crippen molar-refractivity contribution in [1.82, 2.24) is 9.97 Å². The highest BCUT2D eigenvalue weighted by Gasteiger charge is 2.18. The van der Waals surface area contributed by atoms with Gasteiger partial charge in [-0.1, -0.05) is 0 Å². The van der Waals surface area contributed by atoms with Gasteiger partial charge < -0.3 is 19.7 Å². The van der Waals surface area contributed by atoms with Crippen molar-refractivity contribution in [3.8, 4) is 11.6 Å². The average molecular weight is 432 g/mol. The highest BCUT2D eigenvalue weighted by Crippen LogP contribution is 2.26. The van der Waals surface area contributed by atoms with Crippen LogP contribution in [0.5, 0.6) is 11.6 Å². The molecule has 8 heteroatoms. The molecule has 1 N–H and O–H groups in total. The van der Waals surface area contributed by atoms with Crippen molar-refractivity contribution in [3.63, 3.8) is 0 Å². The molecule has 0 bridgehead atoms. The van der Waals surface area contributed by atoms with Crippen LogP contribution in [0.1, 0.15) is 28.8 Å². The molecule has 1 amide bonds. The lowest BCUT2D eigenvalue weighted by atomic mass is 10.1. The number of carbonyl (C=O) groups excluding carboxylic acids is 2. The highest BCUT2D eigenvalue weighted by molar-refractivity contribution is 5.97. The molecular formula is C24H24N4O4. The summed E-state index contributed by atoms with van der Waals surface area (Å²) in [4.78, 5) is 35.3. The first-order valence-corrected chi connectivity index (χ1v) is 10.5. The predicted molar refractivity (Wildman–Crippen MR) is 120 cm³/mol. The molecule has 0 radical (unpaired) electrons. The molecule has 8 nitrogen and oxygen atoms in total. The van der Waals surface area contributed by atoms with E-state index in [1.54, 1.807) is 24.4 Å². The predicted octanol–water partition coefficient (Wildman–Crippen LogP) is 3.97. The zero-order valence-electron chi connectivity index (χ0n) is 17.8. The third kappa shape index (κ3) is 5.21. The van der Waals surface area contributed by atoms with Gasteiger partial charge in [0.2, 0.25) is 5.88 Å². The van der Waals surface area contributed by atoms with Crippen LogP contribution in [0.4, 0.5) is 11.4 Å². The van der Waals surface area contributed by atoms with Gasteiger partial charge in [-0.25, -0.2) is 9.78 Å². The van der Waals surface area contributed by atoms with Crippen LogP contribution in [0.2, 0.25) is 0 Å². The molecule has 1 aliphatic rings. The number of rotatable bonds is 7. The molecule has 3 heterocycles. The van der Waals surface area contributed by atoms with E-state index in [0.29, 0.717) is 11.4 Å². The average Bonchev–Trinajstić information content (AvgIpc) is 3.35. The second-order valence-corrected chi connectivity index (χ2v) is 7.46. The van der Waals surface area contributed by atoms with Gasteiger partial charge in [-0.05, 0) is 67.8 Å². The molecule has 1 aliphatic heterocycles. The van der Waals surface area contributed by atoms with E-state index in [4.69, 9.17) is 9.47 Å². The number of anilines is 2. The van der Waals surface area contributed by atoms with Crippen LogP contribution in [0.3, 0.4) is 0 Å². The molecule has 0 spiro atoms. The number of nitrogens with one attached hydrogen (secondary N) is 1. The molecule has 1 aromatic carbocycles. The van der Waals surface area contributed by atoms with Gasteiger partial charge in [0.05, 0.1) is 6.20 Å². The fourth-order valence-corrected chi connectivity index (χ4v) is 3.50. The first kappa shape index (κ1) is 21.3. The van der Waals surface area contributed by atoms with Crippen LogP contribution in [0, 0.1) is 6.92 Å². The van der Waals surface area contributed by atoms with E-state index in [2.05, 4.69) is 26.3 Å². The smallest absolute Gasteiger partial charge is 0.344 e. The number of hydrogen-bond donors (Lipinski definition) is 1. The Labute approximate surface area is 186 Å². The Morgan fingerprint density at radius 3 is 2.66 bits per heavy atom. The molecule has 0 saturated carbocycles. The summed E-state index contributed by atoms with van der Waals surface area (Å²) in [5.41, 5.74) is 2.92. The Bertz CT molecular complexity index is 1100. The van der Waals surface area contributed by atoms with Crippen molar-refractivity contribution in [3.05, 3.63) is 72.2 Å². The topological polar surface area (TPSA) is 93.7 Å². The summed E-state index contributed by atoms with van der Waals surface area (Å²) in [6, 6.07) is 12.5. The number of aryl methyl sites for hydroxylation is 1. The molecule has 164 valence electrons. The second-order valence-electron chi connectivity index (χ2n) is 7.46. The van der Waals surface area contributed by atoms with E-state index in [1.807, 2.05) is 19.1 Å². The van der Waals surface area contributed by atoms with Crippen molar-refractivity contribution in [2.45, 2.75) is 19.8 Å². The fraction of sp³-hybridized carbons (Fsp3) is 0.250. The molecular weight excluding hydrogens is 408 g/mol. The second kappa shape index (κ2) is 9.91. The Hall–Kier alpha value is -3.94. The number of ether oxygens (including phenoxy) is 2. The van der Waals surface area contributed by atoms with Gasteiger partial charge in [-0.2, -0.15) is 0 Å². The Morgan fingerprint density at radius 1 is 1.09 bits per heavy atom. The maximum atomic E-state index is 12.5. The van der Waals surface area contributed by atoms with E-state index < -0.39 is 18.5 Å². The van der Waals surface area contributed by atoms with Gasteiger partial charge in [-0.15, -0.1) is 0 Å². The number of hydrogen-bond acceptors (Lipinski definition) is 7. The lowest BCUT2D eigenvalue weighted by Gasteiger charge is -2.19. The van der Waals surface area contributed by atoms with Crippen molar-refractivity contribution in [2.24, 2.45) is 0 Å². The first-order valence-electron chi connectivity index (χ1n) is 10.5. The minimum absolute atomic E-state index is 0.0826. The lowest BCUT2D eigenvalue weighted by Crippen LogP contribution is -2.22. The van der Waals surface area contributed by atoms with Crippen molar-refractivity contribution in [1.29, 1.82) is 0 Å². The zero-order chi connectivity index (χ0) is 22.3. The Balaban J connectivity index is 1.35. The first-order chi connectivity index (χ1) is 15.6.